The molecule has 0 spiro atoms. The summed E-state index contributed by atoms with van der Waals surface area (Å²) in [7, 11) is 0. The van der Waals surface area contributed by atoms with Crippen LogP contribution in [-0.4, -0.2) is 11.1 Å². The van der Waals surface area contributed by atoms with Crippen molar-refractivity contribution in [3.63, 3.8) is 0 Å². The molecule has 0 atom stereocenters. The molecule has 0 saturated heterocycles. The SMILES string of the molecule is O=C(O)CCCCc1ccc(Cl)cc1Cl. The van der Waals surface area contributed by atoms with Crippen LogP contribution in [0, 0.1) is 0 Å². The van der Waals surface area contributed by atoms with Crippen molar-refractivity contribution in [1.29, 1.82) is 0 Å². The average Bonchev–Trinajstić information content (AvgIpc) is 2.14. The molecule has 1 rings (SSSR count). The molecule has 1 aromatic rings. The summed E-state index contributed by atoms with van der Waals surface area (Å²) in [4.78, 5) is 10.3. The van der Waals surface area contributed by atoms with Crippen molar-refractivity contribution in [2.45, 2.75) is 25.7 Å². The van der Waals surface area contributed by atoms with Gasteiger partial charge in [0.1, 0.15) is 0 Å². The van der Waals surface area contributed by atoms with E-state index in [-0.39, 0.29) is 6.42 Å². The molecule has 0 saturated carbocycles. The summed E-state index contributed by atoms with van der Waals surface area (Å²) < 4.78 is 0. The van der Waals surface area contributed by atoms with E-state index in [4.69, 9.17) is 28.3 Å². The standard InChI is InChI=1S/C11H12Cl2O2/c12-9-6-5-8(10(13)7-9)3-1-2-4-11(14)15/h5-7H,1-4H2,(H,14,15). The number of aliphatic carboxylic acids is 1. The summed E-state index contributed by atoms with van der Waals surface area (Å²) in [5.74, 6) is -0.753. The van der Waals surface area contributed by atoms with Gasteiger partial charge in [0, 0.05) is 16.5 Å². The van der Waals surface area contributed by atoms with Gasteiger partial charge in [0.15, 0.2) is 0 Å². The summed E-state index contributed by atoms with van der Waals surface area (Å²) in [6.45, 7) is 0. The fraction of sp³-hybridized carbons (Fsp3) is 0.364. The molecule has 0 radical (unpaired) electrons. The van der Waals surface area contributed by atoms with Gasteiger partial charge in [0.2, 0.25) is 0 Å². The van der Waals surface area contributed by atoms with Crippen LogP contribution in [0.3, 0.4) is 0 Å². The highest BCUT2D eigenvalue weighted by atomic mass is 35.5. The van der Waals surface area contributed by atoms with E-state index in [1.54, 1.807) is 12.1 Å². The number of carboxylic acid groups (broad SMARTS) is 1. The first-order valence-electron chi connectivity index (χ1n) is 4.75. The van der Waals surface area contributed by atoms with Crippen LogP contribution < -0.4 is 0 Å². The quantitative estimate of drug-likeness (QED) is 0.803. The van der Waals surface area contributed by atoms with Crippen molar-refractivity contribution in [2.75, 3.05) is 0 Å². The maximum Gasteiger partial charge on any atom is 0.303 e. The van der Waals surface area contributed by atoms with Gasteiger partial charge in [-0.2, -0.15) is 0 Å². The van der Waals surface area contributed by atoms with Gasteiger partial charge in [-0.3, -0.25) is 4.79 Å². The average molecular weight is 247 g/mol. The van der Waals surface area contributed by atoms with Gasteiger partial charge in [-0.15, -0.1) is 0 Å². The molecule has 0 aliphatic carbocycles. The number of aryl methyl sites for hydroxylation is 1. The molecule has 0 aliphatic rings. The maximum absolute atomic E-state index is 10.3. The molecular formula is C11H12Cl2O2. The van der Waals surface area contributed by atoms with E-state index in [1.807, 2.05) is 6.07 Å². The highest BCUT2D eigenvalue weighted by Gasteiger charge is 2.02. The number of benzene rings is 1. The van der Waals surface area contributed by atoms with Gasteiger partial charge in [-0.25, -0.2) is 0 Å². The van der Waals surface area contributed by atoms with Crippen LogP contribution in [0.1, 0.15) is 24.8 Å². The molecule has 2 nitrogen and oxygen atoms in total. The predicted molar refractivity (Wildman–Crippen MR) is 61.7 cm³/mol. The van der Waals surface area contributed by atoms with E-state index < -0.39 is 5.97 Å². The summed E-state index contributed by atoms with van der Waals surface area (Å²) in [5.41, 5.74) is 1.02. The number of hydrogen-bond acceptors (Lipinski definition) is 1. The Morgan fingerprint density at radius 3 is 2.60 bits per heavy atom. The van der Waals surface area contributed by atoms with Crippen molar-refractivity contribution in [3.8, 4) is 0 Å². The highest BCUT2D eigenvalue weighted by Crippen LogP contribution is 2.22. The first-order valence-corrected chi connectivity index (χ1v) is 5.51. The van der Waals surface area contributed by atoms with Gasteiger partial charge < -0.3 is 5.11 Å². The predicted octanol–water partition coefficient (Wildman–Crippen LogP) is 3.79. The molecule has 0 aromatic heterocycles. The largest absolute Gasteiger partial charge is 0.481 e. The summed E-state index contributed by atoms with van der Waals surface area (Å²) >= 11 is 11.7. The Morgan fingerprint density at radius 1 is 1.27 bits per heavy atom. The number of carbonyl (C=O) groups is 1. The maximum atomic E-state index is 10.3. The lowest BCUT2D eigenvalue weighted by Gasteiger charge is -2.03. The zero-order valence-corrected chi connectivity index (χ0v) is 9.68. The Morgan fingerprint density at radius 2 is 2.00 bits per heavy atom. The van der Waals surface area contributed by atoms with Crippen LogP contribution in [0.4, 0.5) is 0 Å². The van der Waals surface area contributed by atoms with Crippen molar-refractivity contribution in [3.05, 3.63) is 33.8 Å². The molecule has 1 N–H and O–H groups in total. The van der Waals surface area contributed by atoms with Gasteiger partial charge in [-0.05, 0) is 37.0 Å². The fourth-order valence-corrected chi connectivity index (χ4v) is 1.82. The number of hydrogen-bond donors (Lipinski definition) is 1. The van der Waals surface area contributed by atoms with E-state index in [2.05, 4.69) is 0 Å². The van der Waals surface area contributed by atoms with Crippen molar-refractivity contribution in [1.82, 2.24) is 0 Å². The molecule has 0 heterocycles. The lowest BCUT2D eigenvalue weighted by molar-refractivity contribution is -0.137. The highest BCUT2D eigenvalue weighted by molar-refractivity contribution is 6.35. The van der Waals surface area contributed by atoms with Gasteiger partial charge in [-0.1, -0.05) is 29.3 Å². The Hall–Kier alpha value is -0.730. The molecule has 15 heavy (non-hydrogen) atoms. The van der Waals surface area contributed by atoms with Gasteiger partial charge in [0.05, 0.1) is 0 Å². The van der Waals surface area contributed by atoms with E-state index in [9.17, 15) is 4.79 Å². The van der Waals surface area contributed by atoms with Crippen LogP contribution in [0.5, 0.6) is 0 Å². The minimum absolute atomic E-state index is 0.214. The fourth-order valence-electron chi connectivity index (χ4n) is 1.32. The van der Waals surface area contributed by atoms with Gasteiger partial charge >= 0.3 is 5.97 Å². The third-order valence-electron chi connectivity index (χ3n) is 2.10. The van der Waals surface area contributed by atoms with E-state index >= 15 is 0 Å². The van der Waals surface area contributed by atoms with Crippen LogP contribution in [0.15, 0.2) is 18.2 Å². The van der Waals surface area contributed by atoms with E-state index in [0.29, 0.717) is 16.5 Å². The Bertz CT molecular complexity index is 350. The van der Waals surface area contributed by atoms with Crippen LogP contribution in [-0.2, 0) is 11.2 Å². The first-order chi connectivity index (χ1) is 7.09. The second kappa shape index (κ2) is 5.99. The lowest BCUT2D eigenvalue weighted by Crippen LogP contribution is -1.95. The number of halogens is 2. The van der Waals surface area contributed by atoms with Crippen LogP contribution in [0.2, 0.25) is 10.0 Å². The zero-order chi connectivity index (χ0) is 11.3. The third kappa shape index (κ3) is 4.54. The Kier molecular flexibility index (Phi) is 4.92. The second-order valence-electron chi connectivity index (χ2n) is 3.34. The monoisotopic (exact) mass is 246 g/mol. The molecule has 0 aliphatic heterocycles. The van der Waals surface area contributed by atoms with Crippen molar-refractivity contribution in [2.24, 2.45) is 0 Å². The number of rotatable bonds is 5. The minimum atomic E-state index is -0.753. The number of carboxylic acids is 1. The molecule has 4 heteroatoms. The Labute approximate surface area is 98.8 Å². The Balaban J connectivity index is 2.40. The summed E-state index contributed by atoms with van der Waals surface area (Å²) in [6, 6.07) is 5.38. The molecule has 1 aromatic carbocycles. The van der Waals surface area contributed by atoms with Crippen molar-refractivity contribution >= 4 is 29.2 Å². The van der Waals surface area contributed by atoms with Crippen LogP contribution >= 0.6 is 23.2 Å². The van der Waals surface area contributed by atoms with Crippen LogP contribution in [0.25, 0.3) is 0 Å². The normalized spacial score (nSPS) is 10.3. The lowest BCUT2D eigenvalue weighted by atomic mass is 10.1. The minimum Gasteiger partial charge on any atom is -0.481 e. The van der Waals surface area contributed by atoms with Crippen molar-refractivity contribution < 1.29 is 9.90 Å². The zero-order valence-electron chi connectivity index (χ0n) is 8.17. The summed E-state index contributed by atoms with van der Waals surface area (Å²) in [5, 5.41) is 9.73. The second-order valence-corrected chi connectivity index (χ2v) is 4.18. The molecule has 0 fully saturated rings. The number of unbranched alkanes of at least 4 members (excludes halogenated alkanes) is 1. The molecular weight excluding hydrogens is 235 g/mol. The summed E-state index contributed by atoms with van der Waals surface area (Å²) in [6.07, 6.45) is 2.51. The van der Waals surface area contributed by atoms with E-state index in [1.165, 1.54) is 0 Å². The molecule has 0 bridgehead atoms. The molecule has 0 amide bonds. The molecule has 82 valence electrons. The first kappa shape index (κ1) is 12.3. The van der Waals surface area contributed by atoms with Gasteiger partial charge in [0.25, 0.3) is 0 Å². The third-order valence-corrected chi connectivity index (χ3v) is 2.69. The molecule has 0 unspecified atom stereocenters. The smallest absolute Gasteiger partial charge is 0.303 e. The van der Waals surface area contributed by atoms with E-state index in [0.717, 1.165) is 18.4 Å². The topological polar surface area (TPSA) is 37.3 Å².